The van der Waals surface area contributed by atoms with Gasteiger partial charge in [0.15, 0.2) is 5.13 Å². The molecule has 1 fully saturated rings. The van der Waals surface area contributed by atoms with Gasteiger partial charge in [-0.05, 0) is 54.8 Å². The Morgan fingerprint density at radius 3 is 2.42 bits per heavy atom. The quantitative estimate of drug-likeness (QED) is 0.290. The number of fused-ring (bicyclic) bond motifs is 1. The first-order chi connectivity index (χ1) is 17.3. The minimum absolute atomic E-state index is 0.0560. The van der Waals surface area contributed by atoms with E-state index in [9.17, 15) is 13.2 Å². The maximum atomic E-state index is 13.7. The summed E-state index contributed by atoms with van der Waals surface area (Å²) in [4.78, 5) is 20.2. The summed E-state index contributed by atoms with van der Waals surface area (Å²) in [6.45, 7) is 0.282. The van der Waals surface area contributed by atoms with Crippen LogP contribution in [0.4, 0.5) is 5.13 Å². The fourth-order valence-electron chi connectivity index (χ4n) is 3.94. The average Bonchev–Trinajstić information content (AvgIpc) is 3.65. The minimum atomic E-state index is -3.60. The fourth-order valence-corrected chi connectivity index (χ4v) is 6.61. The molecule has 1 aromatic heterocycles. The first-order valence-electron chi connectivity index (χ1n) is 11.4. The van der Waals surface area contributed by atoms with Crippen LogP contribution in [0.1, 0.15) is 28.8 Å². The van der Waals surface area contributed by atoms with Gasteiger partial charge < -0.3 is 4.74 Å². The Labute approximate surface area is 218 Å². The monoisotopic (exact) mass is 541 g/mol. The number of sulfonamides is 1. The van der Waals surface area contributed by atoms with Gasteiger partial charge in [-0.3, -0.25) is 9.69 Å². The Kier molecular flexibility index (Phi) is 6.74. The van der Waals surface area contributed by atoms with Crippen LogP contribution in [0, 0.1) is 0 Å². The zero-order chi connectivity index (χ0) is 25.4. The van der Waals surface area contributed by atoms with E-state index in [-0.39, 0.29) is 23.4 Å². The van der Waals surface area contributed by atoms with Crippen LogP contribution in [-0.2, 0) is 16.6 Å². The third kappa shape index (κ3) is 4.71. The molecule has 0 aliphatic heterocycles. The lowest BCUT2D eigenvalue weighted by Crippen LogP contribution is -2.31. The summed E-state index contributed by atoms with van der Waals surface area (Å²) < 4.78 is 33.3. The third-order valence-corrected chi connectivity index (χ3v) is 9.63. The highest BCUT2D eigenvalue weighted by Gasteiger charge is 2.35. The minimum Gasteiger partial charge on any atom is -0.494 e. The fraction of sp³-hybridized carbons (Fsp3) is 0.231. The van der Waals surface area contributed by atoms with Gasteiger partial charge in [-0.15, -0.1) is 0 Å². The number of hydrogen-bond acceptors (Lipinski definition) is 6. The van der Waals surface area contributed by atoms with Crippen LogP contribution in [0.25, 0.3) is 10.2 Å². The number of thiazole rings is 1. The van der Waals surface area contributed by atoms with Crippen LogP contribution in [0.5, 0.6) is 5.75 Å². The van der Waals surface area contributed by atoms with Crippen LogP contribution in [-0.4, -0.2) is 43.8 Å². The van der Waals surface area contributed by atoms with Crippen LogP contribution >= 0.6 is 22.9 Å². The zero-order valence-electron chi connectivity index (χ0n) is 19.7. The largest absolute Gasteiger partial charge is 0.494 e. The molecule has 186 valence electrons. The molecule has 5 rings (SSSR count). The van der Waals surface area contributed by atoms with Crippen molar-refractivity contribution in [1.29, 1.82) is 0 Å². The van der Waals surface area contributed by atoms with Gasteiger partial charge in [0.25, 0.3) is 5.91 Å². The lowest BCUT2D eigenvalue weighted by atomic mass is 10.1. The molecule has 1 aliphatic carbocycles. The van der Waals surface area contributed by atoms with E-state index in [0.29, 0.717) is 27.0 Å². The molecule has 1 heterocycles. The first kappa shape index (κ1) is 24.7. The van der Waals surface area contributed by atoms with Crippen molar-refractivity contribution >= 4 is 54.2 Å². The average molecular weight is 542 g/mol. The molecule has 10 heteroatoms. The highest BCUT2D eigenvalue weighted by atomic mass is 35.5. The number of ether oxygens (including phenoxy) is 1. The van der Waals surface area contributed by atoms with Crippen molar-refractivity contribution < 1.29 is 17.9 Å². The van der Waals surface area contributed by atoms with Crippen molar-refractivity contribution in [1.82, 2.24) is 9.29 Å². The van der Waals surface area contributed by atoms with Gasteiger partial charge in [0.05, 0.1) is 28.3 Å². The summed E-state index contributed by atoms with van der Waals surface area (Å²) in [5, 5.41) is 0.992. The third-order valence-electron chi connectivity index (χ3n) is 6.17. The Morgan fingerprint density at radius 2 is 1.78 bits per heavy atom. The Morgan fingerprint density at radius 1 is 1.08 bits per heavy atom. The number of carbonyl (C=O) groups excluding carboxylic acids is 1. The second-order valence-electron chi connectivity index (χ2n) is 8.58. The molecule has 0 unspecified atom stereocenters. The van der Waals surface area contributed by atoms with Gasteiger partial charge in [-0.25, -0.2) is 13.4 Å². The second kappa shape index (κ2) is 9.82. The van der Waals surface area contributed by atoms with E-state index in [1.54, 1.807) is 43.3 Å². The topological polar surface area (TPSA) is 79.8 Å². The van der Waals surface area contributed by atoms with Gasteiger partial charge in [0.1, 0.15) is 11.3 Å². The molecule has 0 N–H and O–H groups in total. The number of methoxy groups -OCH3 is 1. The molecule has 0 bridgehead atoms. The van der Waals surface area contributed by atoms with E-state index in [1.807, 2.05) is 30.3 Å². The molecule has 4 aromatic rings. The first-order valence-corrected chi connectivity index (χ1v) is 14.0. The number of carbonyl (C=O) groups is 1. The van der Waals surface area contributed by atoms with Gasteiger partial charge >= 0.3 is 0 Å². The van der Waals surface area contributed by atoms with E-state index < -0.39 is 10.0 Å². The van der Waals surface area contributed by atoms with E-state index >= 15 is 0 Å². The number of aromatic nitrogens is 1. The predicted molar refractivity (Wildman–Crippen MR) is 143 cm³/mol. The summed E-state index contributed by atoms with van der Waals surface area (Å²) in [7, 11) is -0.442. The van der Waals surface area contributed by atoms with Crippen LogP contribution in [0.15, 0.2) is 71.6 Å². The highest BCUT2D eigenvalue weighted by Crippen LogP contribution is 2.39. The molecular formula is C26H24ClN3O4S2. The van der Waals surface area contributed by atoms with E-state index in [1.165, 1.54) is 27.8 Å². The van der Waals surface area contributed by atoms with E-state index in [2.05, 4.69) is 0 Å². The number of halogens is 1. The Balaban J connectivity index is 1.52. The lowest BCUT2D eigenvalue weighted by Gasteiger charge is -2.21. The van der Waals surface area contributed by atoms with Crippen molar-refractivity contribution in [2.75, 3.05) is 19.1 Å². The number of amides is 1. The van der Waals surface area contributed by atoms with Gasteiger partial charge in [-0.2, -0.15) is 4.31 Å². The molecule has 36 heavy (non-hydrogen) atoms. The normalized spacial score (nSPS) is 13.8. The molecule has 1 aliphatic rings. The SMILES string of the molecule is COc1ccc(Cl)c2sc(N(Cc3ccccc3)C(=O)c3ccc(S(=O)(=O)N(C)C4CC4)cc3)nc12. The Hall–Kier alpha value is -2.98. The maximum Gasteiger partial charge on any atom is 0.260 e. The summed E-state index contributed by atoms with van der Waals surface area (Å²) >= 11 is 7.73. The number of benzene rings is 3. The molecule has 3 aromatic carbocycles. The summed E-state index contributed by atoms with van der Waals surface area (Å²) in [6, 6.07) is 19.2. The standard InChI is InChI=1S/C26H24ClN3O4S2/c1-29(19-10-11-19)36(32,33)20-12-8-18(9-13-20)25(31)30(16-17-6-4-3-5-7-17)26-28-23-22(34-2)15-14-21(27)24(23)35-26/h3-9,12-15,19H,10-11,16H2,1-2H3. The smallest absolute Gasteiger partial charge is 0.260 e. The van der Waals surface area contributed by atoms with Crippen LogP contribution in [0.2, 0.25) is 5.02 Å². The number of nitrogens with zero attached hydrogens (tertiary/aromatic N) is 3. The van der Waals surface area contributed by atoms with Crippen molar-refractivity contribution in [3.05, 3.63) is 82.9 Å². The van der Waals surface area contributed by atoms with Crippen molar-refractivity contribution in [2.45, 2.75) is 30.3 Å². The van der Waals surface area contributed by atoms with E-state index in [0.717, 1.165) is 23.1 Å². The zero-order valence-corrected chi connectivity index (χ0v) is 22.1. The summed E-state index contributed by atoms with van der Waals surface area (Å²) in [5.41, 5.74) is 1.87. The molecular weight excluding hydrogens is 518 g/mol. The van der Waals surface area contributed by atoms with Crippen LogP contribution in [0.3, 0.4) is 0 Å². The molecule has 1 saturated carbocycles. The number of anilines is 1. The maximum absolute atomic E-state index is 13.7. The Bertz CT molecular complexity index is 1520. The summed E-state index contributed by atoms with van der Waals surface area (Å²) in [6.07, 6.45) is 1.75. The lowest BCUT2D eigenvalue weighted by molar-refractivity contribution is 0.0985. The van der Waals surface area contributed by atoms with Gasteiger partial charge in [0.2, 0.25) is 10.0 Å². The van der Waals surface area contributed by atoms with Crippen LogP contribution < -0.4 is 9.64 Å². The van der Waals surface area contributed by atoms with E-state index in [4.69, 9.17) is 21.3 Å². The molecule has 1 amide bonds. The molecule has 0 atom stereocenters. The number of rotatable bonds is 8. The van der Waals surface area contributed by atoms with Gasteiger partial charge in [0, 0.05) is 18.7 Å². The molecule has 7 nitrogen and oxygen atoms in total. The number of hydrogen-bond donors (Lipinski definition) is 0. The molecule has 0 radical (unpaired) electrons. The molecule has 0 spiro atoms. The van der Waals surface area contributed by atoms with Crippen molar-refractivity contribution in [2.24, 2.45) is 0 Å². The molecule has 0 saturated heterocycles. The predicted octanol–water partition coefficient (Wildman–Crippen LogP) is 5.59. The second-order valence-corrected chi connectivity index (χ2v) is 12.0. The summed E-state index contributed by atoms with van der Waals surface area (Å²) in [5.74, 6) is 0.269. The van der Waals surface area contributed by atoms with Crippen molar-refractivity contribution in [3.8, 4) is 5.75 Å². The van der Waals surface area contributed by atoms with Gasteiger partial charge in [-0.1, -0.05) is 53.3 Å². The van der Waals surface area contributed by atoms with Crippen molar-refractivity contribution in [3.63, 3.8) is 0 Å². The highest BCUT2D eigenvalue weighted by molar-refractivity contribution is 7.89.